The topological polar surface area (TPSA) is 74.5 Å². The lowest BCUT2D eigenvalue weighted by molar-refractivity contribution is 0.0998. The Labute approximate surface area is 174 Å². The van der Waals surface area contributed by atoms with Crippen molar-refractivity contribution in [2.24, 2.45) is 0 Å². The molecule has 7 heteroatoms. The van der Waals surface area contributed by atoms with Gasteiger partial charge in [-0.1, -0.05) is 36.4 Å². The van der Waals surface area contributed by atoms with Crippen LogP contribution in [0.15, 0.2) is 77.5 Å². The summed E-state index contributed by atoms with van der Waals surface area (Å²) in [7, 11) is 0. The molecule has 3 heterocycles. The van der Waals surface area contributed by atoms with Crippen LogP contribution in [0.3, 0.4) is 0 Å². The van der Waals surface area contributed by atoms with E-state index in [0.29, 0.717) is 11.4 Å². The van der Waals surface area contributed by atoms with Crippen molar-refractivity contribution in [1.82, 2.24) is 9.97 Å². The molecule has 30 heavy (non-hydrogen) atoms. The highest BCUT2D eigenvalue weighted by Gasteiger charge is 2.19. The third-order valence-corrected chi connectivity index (χ3v) is 5.27. The molecule has 1 saturated heterocycles. The molecule has 0 radical (unpaired) electrons. The maximum absolute atomic E-state index is 12.6. The van der Waals surface area contributed by atoms with Crippen LogP contribution in [0.1, 0.15) is 10.6 Å². The number of hydrogen-bond donors (Lipinski definition) is 1. The summed E-state index contributed by atoms with van der Waals surface area (Å²) in [6, 6.07) is 21.5. The van der Waals surface area contributed by atoms with Crippen LogP contribution in [0.25, 0.3) is 11.0 Å². The second kappa shape index (κ2) is 7.87. The van der Waals surface area contributed by atoms with Crippen LogP contribution in [-0.4, -0.2) is 42.1 Å². The number of carbonyl (C=O) groups excluding carboxylic acids is 1. The van der Waals surface area contributed by atoms with Crippen LogP contribution in [0.5, 0.6) is 0 Å². The molecule has 7 nitrogen and oxygen atoms in total. The normalized spacial score (nSPS) is 14.1. The van der Waals surface area contributed by atoms with E-state index in [9.17, 15) is 4.79 Å². The fraction of sp³-hybridized carbons (Fsp3) is 0.174. The Bertz CT molecular complexity index is 1130. The van der Waals surface area contributed by atoms with Gasteiger partial charge in [0, 0.05) is 43.3 Å². The molecule has 1 N–H and O–H groups in total. The Hall–Kier alpha value is -3.87. The van der Waals surface area contributed by atoms with Crippen LogP contribution >= 0.6 is 0 Å². The van der Waals surface area contributed by atoms with Gasteiger partial charge in [-0.25, -0.2) is 9.97 Å². The number of aromatic nitrogens is 2. The number of nitrogens with zero attached hydrogens (tertiary/aromatic N) is 4. The van der Waals surface area contributed by atoms with E-state index in [1.807, 2.05) is 30.3 Å². The zero-order chi connectivity index (χ0) is 20.3. The molecule has 5 rings (SSSR count). The van der Waals surface area contributed by atoms with E-state index in [2.05, 4.69) is 49.4 Å². The van der Waals surface area contributed by atoms with Crippen LogP contribution in [0.4, 0.5) is 17.3 Å². The van der Waals surface area contributed by atoms with E-state index in [1.165, 1.54) is 12.0 Å². The largest absolute Gasteiger partial charge is 0.451 e. The van der Waals surface area contributed by atoms with Gasteiger partial charge < -0.3 is 19.5 Å². The summed E-state index contributed by atoms with van der Waals surface area (Å²) in [5.74, 6) is 1.19. The standard InChI is InChI=1S/C23H21N5O2/c29-23(20-14-17-6-4-5-9-19(17)30-20)26-21-15-22(25-16-24-21)28-12-10-27(11-13-28)18-7-2-1-3-8-18/h1-9,14-16H,10-13H2,(H,24,25,26,29). The van der Waals surface area contributed by atoms with Gasteiger partial charge in [0.25, 0.3) is 5.91 Å². The zero-order valence-electron chi connectivity index (χ0n) is 16.4. The number of benzene rings is 2. The van der Waals surface area contributed by atoms with Gasteiger partial charge in [-0.05, 0) is 24.3 Å². The molecule has 0 unspecified atom stereocenters. The Morgan fingerprint density at radius 1 is 0.867 bits per heavy atom. The minimum atomic E-state index is -0.329. The predicted octanol–water partition coefficient (Wildman–Crippen LogP) is 3.80. The molecule has 150 valence electrons. The first kappa shape index (κ1) is 18.2. The van der Waals surface area contributed by atoms with Crippen molar-refractivity contribution in [2.45, 2.75) is 0 Å². The monoisotopic (exact) mass is 399 g/mol. The molecule has 2 aromatic heterocycles. The van der Waals surface area contributed by atoms with Crippen molar-refractivity contribution in [1.29, 1.82) is 0 Å². The SMILES string of the molecule is O=C(Nc1cc(N2CCN(c3ccccc3)CC2)ncn1)c1cc2ccccc2o1. The highest BCUT2D eigenvalue weighted by atomic mass is 16.3. The summed E-state index contributed by atoms with van der Waals surface area (Å²) in [6.07, 6.45) is 1.48. The first-order chi connectivity index (χ1) is 14.8. The third-order valence-electron chi connectivity index (χ3n) is 5.27. The Balaban J connectivity index is 1.26. The molecular weight excluding hydrogens is 378 g/mol. The van der Waals surface area contributed by atoms with Crippen molar-refractivity contribution < 1.29 is 9.21 Å². The Morgan fingerprint density at radius 3 is 2.40 bits per heavy atom. The summed E-state index contributed by atoms with van der Waals surface area (Å²) in [5, 5.41) is 3.70. The molecule has 1 fully saturated rings. The molecule has 1 aliphatic heterocycles. The molecule has 0 atom stereocenters. The van der Waals surface area contributed by atoms with Crippen LogP contribution in [0.2, 0.25) is 0 Å². The first-order valence-electron chi connectivity index (χ1n) is 9.93. The maximum atomic E-state index is 12.6. The fourth-order valence-electron chi connectivity index (χ4n) is 3.69. The van der Waals surface area contributed by atoms with E-state index in [0.717, 1.165) is 37.4 Å². The number of amides is 1. The van der Waals surface area contributed by atoms with Gasteiger partial charge in [0.2, 0.25) is 0 Å². The van der Waals surface area contributed by atoms with Crippen molar-refractivity contribution >= 4 is 34.2 Å². The predicted molar refractivity (Wildman–Crippen MR) is 117 cm³/mol. The number of carbonyl (C=O) groups is 1. The fourth-order valence-corrected chi connectivity index (χ4v) is 3.69. The Morgan fingerprint density at radius 2 is 1.60 bits per heavy atom. The van der Waals surface area contributed by atoms with Crippen molar-refractivity contribution in [2.75, 3.05) is 41.3 Å². The van der Waals surface area contributed by atoms with Gasteiger partial charge in [0.1, 0.15) is 23.5 Å². The van der Waals surface area contributed by atoms with Gasteiger partial charge in [-0.2, -0.15) is 0 Å². The average Bonchev–Trinajstić information content (AvgIpc) is 3.25. The number of piperazine rings is 1. The number of nitrogens with one attached hydrogen (secondary N) is 1. The van der Waals surface area contributed by atoms with Gasteiger partial charge >= 0.3 is 0 Å². The summed E-state index contributed by atoms with van der Waals surface area (Å²) < 4.78 is 5.63. The molecular formula is C23H21N5O2. The second-order valence-corrected chi connectivity index (χ2v) is 7.17. The lowest BCUT2D eigenvalue weighted by atomic mass is 10.2. The van der Waals surface area contributed by atoms with E-state index < -0.39 is 0 Å². The van der Waals surface area contributed by atoms with Gasteiger partial charge in [0.05, 0.1) is 0 Å². The number of rotatable bonds is 4. The first-order valence-corrected chi connectivity index (χ1v) is 9.93. The van der Waals surface area contributed by atoms with Crippen molar-refractivity contribution in [3.8, 4) is 0 Å². The number of furan rings is 1. The number of anilines is 3. The lowest BCUT2D eigenvalue weighted by Gasteiger charge is -2.36. The third kappa shape index (κ3) is 3.69. The molecule has 0 aliphatic carbocycles. The van der Waals surface area contributed by atoms with E-state index >= 15 is 0 Å². The van der Waals surface area contributed by atoms with E-state index in [-0.39, 0.29) is 11.7 Å². The molecule has 2 aromatic carbocycles. The second-order valence-electron chi connectivity index (χ2n) is 7.17. The number of hydrogen-bond acceptors (Lipinski definition) is 6. The van der Waals surface area contributed by atoms with E-state index in [4.69, 9.17) is 4.42 Å². The molecule has 0 saturated carbocycles. The Kier molecular flexibility index (Phi) is 4.77. The van der Waals surface area contributed by atoms with Crippen molar-refractivity contribution in [3.63, 3.8) is 0 Å². The maximum Gasteiger partial charge on any atom is 0.292 e. The van der Waals surface area contributed by atoms with Gasteiger partial charge in [0.15, 0.2) is 5.76 Å². The molecule has 0 spiro atoms. The van der Waals surface area contributed by atoms with Crippen LogP contribution in [0, 0.1) is 0 Å². The average molecular weight is 399 g/mol. The summed E-state index contributed by atoms with van der Waals surface area (Å²) >= 11 is 0. The quantitative estimate of drug-likeness (QED) is 0.563. The smallest absolute Gasteiger partial charge is 0.292 e. The number of fused-ring (bicyclic) bond motifs is 1. The van der Waals surface area contributed by atoms with Crippen molar-refractivity contribution in [3.05, 3.63) is 78.8 Å². The van der Waals surface area contributed by atoms with Crippen LogP contribution < -0.4 is 15.1 Å². The van der Waals surface area contributed by atoms with Crippen LogP contribution in [-0.2, 0) is 0 Å². The molecule has 4 aromatic rings. The summed E-state index contributed by atoms with van der Waals surface area (Å²) in [4.78, 5) is 25.7. The highest BCUT2D eigenvalue weighted by Crippen LogP contribution is 2.22. The minimum absolute atomic E-state index is 0.257. The van der Waals surface area contributed by atoms with E-state index in [1.54, 1.807) is 12.1 Å². The number of para-hydroxylation sites is 2. The summed E-state index contributed by atoms with van der Waals surface area (Å²) in [6.45, 7) is 3.52. The van der Waals surface area contributed by atoms with Gasteiger partial charge in [-0.15, -0.1) is 0 Å². The zero-order valence-corrected chi connectivity index (χ0v) is 16.4. The highest BCUT2D eigenvalue weighted by molar-refractivity contribution is 6.04. The molecule has 1 amide bonds. The molecule has 1 aliphatic rings. The molecule has 0 bridgehead atoms. The summed E-state index contributed by atoms with van der Waals surface area (Å²) in [5.41, 5.74) is 1.92. The van der Waals surface area contributed by atoms with Gasteiger partial charge in [-0.3, -0.25) is 4.79 Å². The minimum Gasteiger partial charge on any atom is -0.451 e. The lowest BCUT2D eigenvalue weighted by Crippen LogP contribution is -2.46.